The van der Waals surface area contributed by atoms with Crippen molar-refractivity contribution in [1.82, 2.24) is 14.9 Å². The molecule has 0 radical (unpaired) electrons. The lowest BCUT2D eigenvalue weighted by molar-refractivity contribution is -0.121. The Morgan fingerprint density at radius 3 is 2.38 bits per heavy atom. The van der Waals surface area contributed by atoms with Gasteiger partial charge in [-0.2, -0.15) is 0 Å². The van der Waals surface area contributed by atoms with E-state index in [1.165, 1.54) is 11.1 Å². The number of aromatic nitrogens is 2. The average molecular weight is 456 g/mol. The molecule has 0 fully saturated rings. The second-order valence-corrected chi connectivity index (χ2v) is 8.48. The fourth-order valence-corrected chi connectivity index (χ4v) is 4.11. The summed E-state index contributed by atoms with van der Waals surface area (Å²) in [6, 6.07) is 28.4. The molecule has 1 aromatic heterocycles. The van der Waals surface area contributed by atoms with E-state index < -0.39 is 0 Å². The van der Waals surface area contributed by atoms with E-state index in [2.05, 4.69) is 40.2 Å². The average Bonchev–Trinajstić information content (AvgIpc) is 3.24. The van der Waals surface area contributed by atoms with Crippen molar-refractivity contribution in [3.05, 3.63) is 96.3 Å². The number of hydrogen-bond donors (Lipinski definition) is 1. The van der Waals surface area contributed by atoms with Gasteiger partial charge in [-0.1, -0.05) is 60.7 Å². The lowest BCUT2D eigenvalue weighted by Crippen LogP contribution is -2.25. The Balaban J connectivity index is 1.23. The number of aryl methyl sites for hydroxylation is 3. The fraction of sp³-hybridized carbons (Fsp3) is 0.310. The van der Waals surface area contributed by atoms with Gasteiger partial charge in [-0.05, 0) is 55.5 Å². The number of amides is 1. The van der Waals surface area contributed by atoms with Gasteiger partial charge in [0.2, 0.25) is 5.91 Å². The van der Waals surface area contributed by atoms with Crippen molar-refractivity contribution in [3.8, 4) is 5.75 Å². The highest BCUT2D eigenvalue weighted by Gasteiger charge is 2.10. The van der Waals surface area contributed by atoms with Crippen molar-refractivity contribution in [2.75, 3.05) is 13.2 Å². The van der Waals surface area contributed by atoms with Crippen LogP contribution in [0.15, 0.2) is 84.9 Å². The zero-order valence-electron chi connectivity index (χ0n) is 19.7. The van der Waals surface area contributed by atoms with Crippen molar-refractivity contribution >= 4 is 16.9 Å². The molecule has 0 aliphatic carbocycles. The van der Waals surface area contributed by atoms with E-state index in [4.69, 9.17) is 9.72 Å². The first-order valence-electron chi connectivity index (χ1n) is 12.2. The van der Waals surface area contributed by atoms with Crippen LogP contribution in [0.4, 0.5) is 0 Å². The molecule has 4 rings (SSSR count). The fourth-order valence-electron chi connectivity index (χ4n) is 4.11. The second kappa shape index (κ2) is 12.6. The molecule has 0 saturated heterocycles. The largest absolute Gasteiger partial charge is 0.494 e. The number of carbonyl (C=O) groups is 1. The highest BCUT2D eigenvalue weighted by Crippen LogP contribution is 2.18. The Labute approximate surface area is 201 Å². The topological polar surface area (TPSA) is 56.2 Å². The summed E-state index contributed by atoms with van der Waals surface area (Å²) in [5.74, 6) is 2.11. The van der Waals surface area contributed by atoms with Crippen LogP contribution in [0.25, 0.3) is 11.0 Å². The molecule has 3 aromatic carbocycles. The maximum Gasteiger partial charge on any atom is 0.220 e. The molecule has 4 aromatic rings. The molecule has 5 nitrogen and oxygen atoms in total. The molecule has 5 heteroatoms. The van der Waals surface area contributed by atoms with Gasteiger partial charge in [0.1, 0.15) is 11.6 Å². The summed E-state index contributed by atoms with van der Waals surface area (Å²) in [5.41, 5.74) is 3.40. The van der Waals surface area contributed by atoms with Gasteiger partial charge in [-0.3, -0.25) is 4.79 Å². The number of unbranched alkanes of at least 4 members (excludes halogenated alkanes) is 1. The molecule has 0 aliphatic rings. The summed E-state index contributed by atoms with van der Waals surface area (Å²) in [6.45, 7) is 2.29. The van der Waals surface area contributed by atoms with E-state index >= 15 is 0 Å². The number of carbonyl (C=O) groups excluding carboxylic acids is 1. The SMILES string of the molecule is O=C(CCc1ccccc1)NCCCc1nc2ccccc2n1CCCCOc1ccccc1. The number of imidazole rings is 1. The van der Waals surface area contributed by atoms with Crippen LogP contribution in [0.5, 0.6) is 5.75 Å². The number of nitrogens with zero attached hydrogens (tertiary/aromatic N) is 2. The van der Waals surface area contributed by atoms with Crippen molar-refractivity contribution in [2.24, 2.45) is 0 Å². The minimum atomic E-state index is 0.107. The molecular weight excluding hydrogens is 422 g/mol. The van der Waals surface area contributed by atoms with Gasteiger partial charge >= 0.3 is 0 Å². The molecule has 0 unspecified atom stereocenters. The van der Waals surface area contributed by atoms with Crippen LogP contribution >= 0.6 is 0 Å². The van der Waals surface area contributed by atoms with Gasteiger partial charge in [-0.15, -0.1) is 0 Å². The Kier molecular flexibility index (Phi) is 8.72. The molecule has 176 valence electrons. The Morgan fingerprint density at radius 2 is 1.56 bits per heavy atom. The number of ether oxygens (including phenoxy) is 1. The van der Waals surface area contributed by atoms with Gasteiger partial charge in [-0.25, -0.2) is 4.98 Å². The number of hydrogen-bond acceptors (Lipinski definition) is 3. The van der Waals surface area contributed by atoms with Crippen LogP contribution in [-0.4, -0.2) is 28.6 Å². The standard InChI is InChI=1S/C29H33N3O2/c33-29(20-19-24-12-3-1-4-13-24)30-21-11-18-28-31-26-16-7-8-17-27(26)32(28)22-9-10-23-34-25-14-5-2-6-15-25/h1-8,12-17H,9-11,18-23H2,(H,30,33). The summed E-state index contributed by atoms with van der Waals surface area (Å²) in [6.07, 6.45) is 5.02. The van der Waals surface area contributed by atoms with Gasteiger partial charge < -0.3 is 14.6 Å². The Morgan fingerprint density at radius 1 is 0.824 bits per heavy atom. The number of nitrogens with one attached hydrogen (secondary N) is 1. The summed E-state index contributed by atoms with van der Waals surface area (Å²) in [5, 5.41) is 3.06. The molecular formula is C29H33N3O2. The summed E-state index contributed by atoms with van der Waals surface area (Å²) in [4.78, 5) is 17.1. The van der Waals surface area contributed by atoms with Crippen molar-refractivity contribution < 1.29 is 9.53 Å². The highest BCUT2D eigenvalue weighted by atomic mass is 16.5. The summed E-state index contributed by atoms with van der Waals surface area (Å²) < 4.78 is 8.16. The molecule has 1 amide bonds. The van der Waals surface area contributed by atoms with E-state index in [0.717, 1.165) is 55.7 Å². The van der Waals surface area contributed by atoms with Crippen LogP contribution < -0.4 is 10.1 Å². The molecule has 0 atom stereocenters. The number of fused-ring (bicyclic) bond motifs is 1. The van der Waals surface area contributed by atoms with Gasteiger partial charge in [0.25, 0.3) is 0 Å². The quantitative estimate of drug-likeness (QED) is 0.268. The molecule has 0 saturated carbocycles. The first-order valence-corrected chi connectivity index (χ1v) is 12.2. The van der Waals surface area contributed by atoms with E-state index in [-0.39, 0.29) is 5.91 Å². The number of benzene rings is 3. The van der Waals surface area contributed by atoms with E-state index in [1.807, 2.05) is 54.6 Å². The second-order valence-electron chi connectivity index (χ2n) is 8.48. The van der Waals surface area contributed by atoms with Gasteiger partial charge in [0, 0.05) is 25.9 Å². The van der Waals surface area contributed by atoms with E-state index in [1.54, 1.807) is 0 Å². The zero-order chi connectivity index (χ0) is 23.4. The number of para-hydroxylation sites is 3. The van der Waals surface area contributed by atoms with Gasteiger partial charge in [0.15, 0.2) is 0 Å². The third kappa shape index (κ3) is 6.95. The van der Waals surface area contributed by atoms with E-state index in [0.29, 0.717) is 19.6 Å². The summed E-state index contributed by atoms with van der Waals surface area (Å²) >= 11 is 0. The Hall–Kier alpha value is -3.60. The predicted octanol–water partition coefficient (Wildman–Crippen LogP) is 5.58. The van der Waals surface area contributed by atoms with Crippen molar-refractivity contribution in [1.29, 1.82) is 0 Å². The zero-order valence-corrected chi connectivity index (χ0v) is 19.7. The molecule has 1 heterocycles. The normalized spacial score (nSPS) is 10.9. The minimum absolute atomic E-state index is 0.107. The van der Waals surface area contributed by atoms with Crippen molar-refractivity contribution in [3.63, 3.8) is 0 Å². The Bertz CT molecular complexity index is 1160. The predicted molar refractivity (Wildman–Crippen MR) is 137 cm³/mol. The monoisotopic (exact) mass is 455 g/mol. The highest BCUT2D eigenvalue weighted by molar-refractivity contribution is 5.76. The van der Waals surface area contributed by atoms with Crippen LogP contribution in [0.3, 0.4) is 0 Å². The maximum atomic E-state index is 12.2. The molecule has 1 N–H and O–H groups in total. The molecule has 0 bridgehead atoms. The molecule has 34 heavy (non-hydrogen) atoms. The van der Waals surface area contributed by atoms with E-state index in [9.17, 15) is 4.79 Å². The third-order valence-corrected chi connectivity index (χ3v) is 5.90. The van der Waals surface area contributed by atoms with Gasteiger partial charge in [0.05, 0.1) is 17.6 Å². The van der Waals surface area contributed by atoms with Crippen LogP contribution in [0.1, 0.15) is 37.1 Å². The first kappa shape index (κ1) is 23.6. The smallest absolute Gasteiger partial charge is 0.220 e. The van der Waals surface area contributed by atoms with Crippen LogP contribution in [-0.2, 0) is 24.2 Å². The first-order chi connectivity index (χ1) is 16.8. The molecule has 0 spiro atoms. The lowest BCUT2D eigenvalue weighted by atomic mass is 10.1. The van der Waals surface area contributed by atoms with Crippen molar-refractivity contribution in [2.45, 2.75) is 45.1 Å². The lowest BCUT2D eigenvalue weighted by Gasteiger charge is -2.11. The minimum Gasteiger partial charge on any atom is -0.494 e. The number of rotatable bonds is 13. The van der Waals surface area contributed by atoms with Crippen LogP contribution in [0.2, 0.25) is 0 Å². The summed E-state index contributed by atoms with van der Waals surface area (Å²) in [7, 11) is 0. The third-order valence-electron chi connectivity index (χ3n) is 5.90. The molecule has 0 aliphatic heterocycles. The maximum absolute atomic E-state index is 12.2. The van der Waals surface area contributed by atoms with Crippen LogP contribution in [0, 0.1) is 0 Å².